The van der Waals surface area contributed by atoms with Crippen LogP contribution in [0.3, 0.4) is 0 Å². The summed E-state index contributed by atoms with van der Waals surface area (Å²) in [5.74, 6) is -0.826. The first kappa shape index (κ1) is 26.9. The van der Waals surface area contributed by atoms with Crippen LogP contribution in [-0.4, -0.2) is 23.7 Å². The van der Waals surface area contributed by atoms with Crippen LogP contribution in [0.25, 0.3) is 0 Å². The number of hydrogen-bond acceptors (Lipinski definition) is 2. The van der Waals surface area contributed by atoms with Crippen LogP contribution in [-0.2, 0) is 13.0 Å². The van der Waals surface area contributed by atoms with E-state index < -0.39 is 12.1 Å². The molecule has 0 spiro atoms. The fraction of sp³-hybridized carbons (Fsp3) is 0.536. The molecule has 1 saturated carbocycles. The standard InChI is InChI=1S/C26H34F3N.C2H3N/c1-20(2)30(19-22-7-4-3-5-8-22)18-6-9-21-10-12-23(13-11-21)24-14-16-25(17-15-24)26(27,28)29;1-2-3/h3-5,7-8,10-13,20,24-25H,6,9,14-19H2,1-2H3;1H3. The van der Waals surface area contributed by atoms with Crippen LogP contribution in [0.5, 0.6) is 0 Å². The first-order chi connectivity index (χ1) is 15.7. The Balaban J connectivity index is 0.00000122. The predicted molar refractivity (Wildman–Crippen MR) is 129 cm³/mol. The summed E-state index contributed by atoms with van der Waals surface area (Å²) >= 11 is 0. The Morgan fingerprint density at radius 2 is 1.52 bits per heavy atom. The van der Waals surface area contributed by atoms with E-state index in [-0.39, 0.29) is 18.8 Å². The second-order valence-electron chi connectivity index (χ2n) is 9.21. The topological polar surface area (TPSA) is 27.0 Å². The molecule has 0 aliphatic heterocycles. The Morgan fingerprint density at radius 1 is 0.939 bits per heavy atom. The zero-order valence-corrected chi connectivity index (χ0v) is 20.1. The van der Waals surface area contributed by atoms with E-state index >= 15 is 0 Å². The van der Waals surface area contributed by atoms with Crippen molar-refractivity contribution in [1.29, 1.82) is 5.26 Å². The molecule has 0 heterocycles. The molecule has 0 unspecified atom stereocenters. The summed E-state index contributed by atoms with van der Waals surface area (Å²) in [6.45, 7) is 7.93. The lowest BCUT2D eigenvalue weighted by Gasteiger charge is -2.30. The molecule has 33 heavy (non-hydrogen) atoms. The molecule has 0 amide bonds. The molecule has 0 N–H and O–H groups in total. The first-order valence-corrected chi connectivity index (χ1v) is 12.0. The Labute approximate surface area is 197 Å². The van der Waals surface area contributed by atoms with E-state index in [0.717, 1.165) is 25.9 Å². The Bertz CT molecular complexity index is 830. The molecule has 0 bridgehead atoms. The Kier molecular flexibility index (Phi) is 10.9. The van der Waals surface area contributed by atoms with E-state index in [1.54, 1.807) is 6.07 Å². The number of hydrogen-bond donors (Lipinski definition) is 0. The van der Waals surface area contributed by atoms with Gasteiger partial charge in [-0.2, -0.15) is 18.4 Å². The van der Waals surface area contributed by atoms with Gasteiger partial charge < -0.3 is 0 Å². The van der Waals surface area contributed by atoms with Crippen molar-refractivity contribution in [2.24, 2.45) is 5.92 Å². The van der Waals surface area contributed by atoms with E-state index in [0.29, 0.717) is 18.9 Å². The van der Waals surface area contributed by atoms with Crippen LogP contribution >= 0.6 is 0 Å². The number of halogens is 3. The maximum absolute atomic E-state index is 12.9. The van der Waals surface area contributed by atoms with Crippen LogP contribution in [0, 0.1) is 17.2 Å². The SMILES string of the molecule is CC#N.CC(C)N(CCCc1ccc(C2CCC(C(F)(F)F)CC2)cc1)Cc1ccccc1. The fourth-order valence-electron chi connectivity index (χ4n) is 4.53. The number of aryl methyl sites for hydroxylation is 1. The van der Waals surface area contributed by atoms with Gasteiger partial charge in [-0.05, 0) is 81.5 Å². The maximum atomic E-state index is 12.9. The molecule has 0 radical (unpaired) electrons. The van der Waals surface area contributed by atoms with E-state index in [9.17, 15) is 13.2 Å². The fourth-order valence-corrected chi connectivity index (χ4v) is 4.53. The highest BCUT2D eigenvalue weighted by Crippen LogP contribution is 2.42. The van der Waals surface area contributed by atoms with Crippen LogP contribution in [0.4, 0.5) is 13.2 Å². The predicted octanol–water partition coefficient (Wildman–Crippen LogP) is 7.90. The average Bonchev–Trinajstić information content (AvgIpc) is 2.79. The molecule has 1 aliphatic rings. The van der Waals surface area contributed by atoms with Crippen molar-refractivity contribution in [3.05, 3.63) is 71.3 Å². The zero-order valence-electron chi connectivity index (χ0n) is 20.1. The summed E-state index contributed by atoms with van der Waals surface area (Å²) in [6.07, 6.45) is -0.0805. The third-order valence-electron chi connectivity index (χ3n) is 6.51. The minimum atomic E-state index is -4.03. The van der Waals surface area contributed by atoms with Gasteiger partial charge in [0.15, 0.2) is 0 Å². The molecule has 1 fully saturated rings. The molecule has 0 saturated heterocycles. The van der Waals surface area contributed by atoms with Crippen LogP contribution in [0.15, 0.2) is 54.6 Å². The van der Waals surface area contributed by atoms with Crippen molar-refractivity contribution in [2.75, 3.05) is 6.54 Å². The van der Waals surface area contributed by atoms with Crippen molar-refractivity contribution in [1.82, 2.24) is 4.90 Å². The summed E-state index contributed by atoms with van der Waals surface area (Å²) in [7, 11) is 0. The third kappa shape index (κ3) is 9.21. The quantitative estimate of drug-likeness (QED) is 0.402. The van der Waals surface area contributed by atoms with Gasteiger partial charge in [-0.1, -0.05) is 54.6 Å². The van der Waals surface area contributed by atoms with Gasteiger partial charge in [0.25, 0.3) is 0 Å². The summed E-state index contributed by atoms with van der Waals surface area (Å²) in [4.78, 5) is 2.50. The zero-order chi connectivity index (χ0) is 24.3. The van der Waals surface area contributed by atoms with Gasteiger partial charge in [-0.3, -0.25) is 4.90 Å². The minimum absolute atomic E-state index is 0.266. The van der Waals surface area contributed by atoms with Crippen LogP contribution in [0.2, 0.25) is 0 Å². The smallest absolute Gasteiger partial charge is 0.297 e. The van der Waals surface area contributed by atoms with Gasteiger partial charge in [0.2, 0.25) is 0 Å². The first-order valence-electron chi connectivity index (χ1n) is 12.0. The van der Waals surface area contributed by atoms with Gasteiger partial charge in [-0.15, -0.1) is 0 Å². The molecular weight excluding hydrogens is 421 g/mol. The summed E-state index contributed by atoms with van der Waals surface area (Å²) < 4.78 is 38.6. The van der Waals surface area contributed by atoms with Gasteiger partial charge >= 0.3 is 6.18 Å². The maximum Gasteiger partial charge on any atom is 0.391 e. The molecule has 2 aromatic rings. The van der Waals surface area contributed by atoms with Gasteiger partial charge in [0, 0.05) is 19.5 Å². The van der Waals surface area contributed by atoms with E-state index in [2.05, 4.69) is 73.3 Å². The Morgan fingerprint density at radius 3 is 2.03 bits per heavy atom. The molecule has 5 heteroatoms. The molecular formula is C28H37F3N2. The normalized spacial score (nSPS) is 18.5. The highest BCUT2D eigenvalue weighted by Gasteiger charge is 2.41. The van der Waals surface area contributed by atoms with Crippen molar-refractivity contribution < 1.29 is 13.2 Å². The molecule has 3 rings (SSSR count). The second-order valence-corrected chi connectivity index (χ2v) is 9.21. The number of nitrogens with zero attached hydrogens (tertiary/aromatic N) is 2. The largest absolute Gasteiger partial charge is 0.391 e. The van der Waals surface area contributed by atoms with E-state index in [1.165, 1.54) is 23.6 Å². The van der Waals surface area contributed by atoms with Gasteiger partial charge in [0.1, 0.15) is 0 Å². The van der Waals surface area contributed by atoms with E-state index in [4.69, 9.17) is 5.26 Å². The molecule has 1 aliphatic carbocycles. The molecule has 2 aromatic carbocycles. The lowest BCUT2D eigenvalue weighted by atomic mass is 9.78. The van der Waals surface area contributed by atoms with E-state index in [1.807, 2.05) is 0 Å². The van der Waals surface area contributed by atoms with Crippen molar-refractivity contribution in [2.45, 2.75) is 84.0 Å². The second kappa shape index (κ2) is 13.4. The summed E-state index contributed by atoms with van der Waals surface area (Å²) in [5.41, 5.74) is 3.86. The molecule has 0 atom stereocenters. The monoisotopic (exact) mass is 458 g/mol. The van der Waals surface area contributed by atoms with Crippen molar-refractivity contribution in [3.63, 3.8) is 0 Å². The highest BCUT2D eigenvalue weighted by molar-refractivity contribution is 5.26. The molecule has 180 valence electrons. The summed E-state index contributed by atoms with van der Waals surface area (Å²) in [6, 6.07) is 21.4. The lowest BCUT2D eigenvalue weighted by Crippen LogP contribution is -2.31. The summed E-state index contributed by atoms with van der Waals surface area (Å²) in [5, 5.41) is 7.32. The minimum Gasteiger partial charge on any atom is -0.297 e. The Hall–Kier alpha value is -2.32. The number of rotatable bonds is 8. The third-order valence-corrected chi connectivity index (χ3v) is 6.51. The number of benzene rings is 2. The average molecular weight is 459 g/mol. The highest BCUT2D eigenvalue weighted by atomic mass is 19.4. The molecule has 0 aromatic heterocycles. The van der Waals surface area contributed by atoms with Crippen molar-refractivity contribution >= 4 is 0 Å². The van der Waals surface area contributed by atoms with Gasteiger partial charge in [-0.25, -0.2) is 0 Å². The van der Waals surface area contributed by atoms with Crippen molar-refractivity contribution in [3.8, 4) is 6.07 Å². The lowest BCUT2D eigenvalue weighted by molar-refractivity contribution is -0.182. The molecule has 2 nitrogen and oxygen atoms in total. The number of alkyl halides is 3. The van der Waals surface area contributed by atoms with Crippen LogP contribution in [0.1, 0.15) is 75.5 Å². The van der Waals surface area contributed by atoms with Gasteiger partial charge in [0.05, 0.1) is 12.0 Å². The van der Waals surface area contributed by atoms with Crippen LogP contribution < -0.4 is 0 Å². The number of nitriles is 1.